The minimum Gasteiger partial charge on any atom is -0.394 e. The Hall–Kier alpha value is -2.12. The Bertz CT molecular complexity index is 633. The zero-order chi connectivity index (χ0) is 14.6. The zero-order valence-electron chi connectivity index (χ0n) is 11.8. The summed E-state index contributed by atoms with van der Waals surface area (Å²) >= 11 is 0. The van der Waals surface area contributed by atoms with Crippen molar-refractivity contribution in [3.8, 4) is 6.07 Å². The number of hydrogen-bond acceptors (Lipinski definition) is 4. The lowest BCUT2D eigenvalue weighted by molar-refractivity contribution is 0.202. The Balaban J connectivity index is 2.48. The number of pyridine rings is 1. The van der Waals surface area contributed by atoms with Crippen molar-refractivity contribution >= 4 is 16.7 Å². The van der Waals surface area contributed by atoms with E-state index < -0.39 is 0 Å². The van der Waals surface area contributed by atoms with Crippen LogP contribution in [0.5, 0.6) is 0 Å². The molecule has 0 amide bonds. The zero-order valence-corrected chi connectivity index (χ0v) is 11.8. The molecule has 4 nitrogen and oxygen atoms in total. The van der Waals surface area contributed by atoms with E-state index in [0.717, 1.165) is 23.7 Å². The highest BCUT2D eigenvalue weighted by Gasteiger charge is 2.25. The number of hydrogen-bond donors (Lipinski definition) is 2. The van der Waals surface area contributed by atoms with E-state index in [1.807, 2.05) is 38.1 Å². The molecule has 2 aromatic rings. The minimum atomic E-state index is -0.387. The van der Waals surface area contributed by atoms with Gasteiger partial charge in [0.05, 0.1) is 29.3 Å². The number of aliphatic hydroxyl groups excluding tert-OH is 1. The van der Waals surface area contributed by atoms with E-state index in [-0.39, 0.29) is 12.1 Å². The molecular weight excluding hydrogens is 250 g/mol. The number of nitrogens with one attached hydrogen (secondary N) is 1. The monoisotopic (exact) mass is 269 g/mol. The Kier molecular flexibility index (Phi) is 4.21. The maximum absolute atomic E-state index is 9.62. The summed E-state index contributed by atoms with van der Waals surface area (Å²) < 4.78 is 0. The molecular formula is C16H19N3O. The van der Waals surface area contributed by atoms with Gasteiger partial charge in [0.15, 0.2) is 0 Å². The molecule has 20 heavy (non-hydrogen) atoms. The predicted molar refractivity (Wildman–Crippen MR) is 80.5 cm³/mol. The highest BCUT2D eigenvalue weighted by atomic mass is 16.3. The number of para-hydroxylation sites is 1. The molecule has 1 aromatic heterocycles. The van der Waals surface area contributed by atoms with E-state index in [0.29, 0.717) is 11.4 Å². The van der Waals surface area contributed by atoms with Crippen LogP contribution in [-0.2, 0) is 0 Å². The van der Waals surface area contributed by atoms with Gasteiger partial charge in [0.25, 0.3) is 0 Å². The van der Waals surface area contributed by atoms with Crippen molar-refractivity contribution in [1.29, 1.82) is 5.26 Å². The van der Waals surface area contributed by atoms with E-state index >= 15 is 0 Å². The molecule has 0 aliphatic rings. The van der Waals surface area contributed by atoms with E-state index in [2.05, 4.69) is 16.4 Å². The van der Waals surface area contributed by atoms with E-state index in [1.165, 1.54) is 0 Å². The summed E-state index contributed by atoms with van der Waals surface area (Å²) in [5.74, 6) is 0.637. The van der Waals surface area contributed by atoms with Gasteiger partial charge in [-0.3, -0.25) is 0 Å². The molecule has 0 aliphatic carbocycles. The number of benzene rings is 1. The molecule has 4 heteroatoms. The molecule has 2 rings (SSSR count). The molecule has 104 valence electrons. The van der Waals surface area contributed by atoms with Gasteiger partial charge in [-0.2, -0.15) is 5.26 Å². The second-order valence-electron chi connectivity index (χ2n) is 4.95. The molecule has 0 bridgehead atoms. The van der Waals surface area contributed by atoms with Crippen LogP contribution in [0, 0.1) is 11.3 Å². The van der Waals surface area contributed by atoms with Gasteiger partial charge in [0.1, 0.15) is 5.82 Å². The van der Waals surface area contributed by atoms with Gasteiger partial charge in [-0.05, 0) is 25.0 Å². The molecule has 2 N–H and O–H groups in total. The third-order valence-corrected chi connectivity index (χ3v) is 3.89. The number of anilines is 1. The number of rotatable bonds is 5. The third-order valence-electron chi connectivity index (χ3n) is 3.89. The normalized spacial score (nSPS) is 11.3. The number of aromatic nitrogens is 1. The van der Waals surface area contributed by atoms with E-state index in [1.54, 1.807) is 6.07 Å². The van der Waals surface area contributed by atoms with Crippen LogP contribution >= 0.6 is 0 Å². The van der Waals surface area contributed by atoms with Crippen molar-refractivity contribution in [1.82, 2.24) is 4.98 Å². The summed E-state index contributed by atoms with van der Waals surface area (Å²) in [5, 5.41) is 23.0. The molecule has 1 aromatic carbocycles. The lowest BCUT2D eigenvalue weighted by Crippen LogP contribution is -2.41. The fourth-order valence-corrected chi connectivity index (χ4v) is 2.29. The fraction of sp³-hybridized carbons (Fsp3) is 0.375. The van der Waals surface area contributed by atoms with Crippen LogP contribution in [0.2, 0.25) is 0 Å². The molecule has 0 aliphatic heterocycles. The number of nitrogens with zero attached hydrogens (tertiary/aromatic N) is 2. The summed E-state index contributed by atoms with van der Waals surface area (Å²) in [4.78, 5) is 4.54. The van der Waals surface area contributed by atoms with E-state index in [4.69, 9.17) is 0 Å². The lowest BCUT2D eigenvalue weighted by atomic mass is 9.94. The smallest absolute Gasteiger partial charge is 0.128 e. The molecule has 0 fully saturated rings. The number of fused-ring (bicyclic) bond motifs is 1. The lowest BCUT2D eigenvalue weighted by Gasteiger charge is -2.31. The topological polar surface area (TPSA) is 68.9 Å². The summed E-state index contributed by atoms with van der Waals surface area (Å²) in [6.45, 7) is 4.09. The first kappa shape index (κ1) is 14.3. The van der Waals surface area contributed by atoms with Crippen LogP contribution < -0.4 is 5.32 Å². The fourth-order valence-electron chi connectivity index (χ4n) is 2.29. The van der Waals surface area contributed by atoms with Crippen molar-refractivity contribution < 1.29 is 5.11 Å². The average molecular weight is 269 g/mol. The molecule has 0 spiro atoms. The van der Waals surface area contributed by atoms with Crippen molar-refractivity contribution in [2.75, 3.05) is 11.9 Å². The second kappa shape index (κ2) is 5.89. The Morgan fingerprint density at radius 3 is 2.60 bits per heavy atom. The molecule has 0 saturated heterocycles. The van der Waals surface area contributed by atoms with Crippen molar-refractivity contribution in [3.05, 3.63) is 35.9 Å². The summed E-state index contributed by atoms with van der Waals surface area (Å²) in [6.07, 6.45) is 1.58. The van der Waals surface area contributed by atoms with Crippen molar-refractivity contribution in [3.63, 3.8) is 0 Å². The third kappa shape index (κ3) is 2.59. The largest absolute Gasteiger partial charge is 0.394 e. The standard InChI is InChI=1S/C16H19N3O/c1-3-16(4-2,11-20)19-15-9-12(10-17)13-7-5-6-8-14(13)18-15/h5-9,20H,3-4,11H2,1-2H3,(H,18,19). The first-order valence-corrected chi connectivity index (χ1v) is 6.87. The van der Waals surface area contributed by atoms with Gasteiger partial charge in [-0.15, -0.1) is 0 Å². The van der Waals surface area contributed by atoms with Crippen LogP contribution in [0.25, 0.3) is 10.9 Å². The minimum absolute atomic E-state index is 0.0381. The Morgan fingerprint density at radius 2 is 2.00 bits per heavy atom. The van der Waals surface area contributed by atoms with Gasteiger partial charge in [-0.1, -0.05) is 32.0 Å². The van der Waals surface area contributed by atoms with Gasteiger partial charge < -0.3 is 10.4 Å². The van der Waals surface area contributed by atoms with Gasteiger partial charge in [0.2, 0.25) is 0 Å². The van der Waals surface area contributed by atoms with Gasteiger partial charge in [-0.25, -0.2) is 4.98 Å². The van der Waals surface area contributed by atoms with Gasteiger partial charge >= 0.3 is 0 Å². The van der Waals surface area contributed by atoms with Crippen LogP contribution in [0.1, 0.15) is 32.3 Å². The number of aliphatic hydroxyl groups is 1. The van der Waals surface area contributed by atoms with Crippen LogP contribution in [0.3, 0.4) is 0 Å². The highest BCUT2D eigenvalue weighted by molar-refractivity contribution is 5.86. The molecule has 0 saturated carbocycles. The maximum atomic E-state index is 9.62. The van der Waals surface area contributed by atoms with E-state index in [9.17, 15) is 10.4 Å². The predicted octanol–water partition coefficient (Wildman–Crippen LogP) is 3.07. The Morgan fingerprint density at radius 1 is 1.30 bits per heavy atom. The van der Waals surface area contributed by atoms with Crippen LogP contribution in [0.4, 0.5) is 5.82 Å². The SMILES string of the molecule is CCC(CC)(CO)Nc1cc(C#N)c2ccccc2n1. The summed E-state index contributed by atoms with van der Waals surface area (Å²) in [5.41, 5.74) is 0.993. The van der Waals surface area contributed by atoms with Crippen LogP contribution in [0.15, 0.2) is 30.3 Å². The summed E-state index contributed by atoms with van der Waals surface area (Å²) in [6, 6.07) is 11.5. The average Bonchev–Trinajstić information content (AvgIpc) is 2.52. The highest BCUT2D eigenvalue weighted by Crippen LogP contribution is 2.25. The molecule has 0 unspecified atom stereocenters. The molecule has 0 atom stereocenters. The number of nitriles is 1. The molecule has 1 heterocycles. The van der Waals surface area contributed by atoms with Gasteiger partial charge in [0, 0.05) is 5.39 Å². The van der Waals surface area contributed by atoms with Crippen molar-refractivity contribution in [2.24, 2.45) is 0 Å². The molecule has 0 radical (unpaired) electrons. The first-order valence-electron chi connectivity index (χ1n) is 6.87. The summed E-state index contributed by atoms with van der Waals surface area (Å²) in [7, 11) is 0. The maximum Gasteiger partial charge on any atom is 0.128 e. The Labute approximate surface area is 119 Å². The first-order chi connectivity index (χ1) is 9.68. The van der Waals surface area contributed by atoms with Crippen LogP contribution in [-0.4, -0.2) is 22.2 Å². The van der Waals surface area contributed by atoms with Crippen molar-refractivity contribution in [2.45, 2.75) is 32.2 Å². The second-order valence-corrected chi connectivity index (χ2v) is 4.95. The quantitative estimate of drug-likeness (QED) is 0.875.